The maximum Gasteiger partial charge on any atom is 0.100 e. The van der Waals surface area contributed by atoms with Gasteiger partial charge < -0.3 is 9.47 Å². The van der Waals surface area contributed by atoms with Gasteiger partial charge in [0.1, 0.15) is 6.17 Å². The highest BCUT2D eigenvalue weighted by atomic mass is 28.1. The van der Waals surface area contributed by atoms with Crippen LogP contribution in [-0.4, -0.2) is 41.0 Å². The molecule has 0 aromatic rings. The molecule has 0 saturated carbocycles. The van der Waals surface area contributed by atoms with Crippen molar-refractivity contribution in [1.82, 2.24) is 0 Å². The van der Waals surface area contributed by atoms with Gasteiger partial charge in [0.05, 0.1) is 6.10 Å². The van der Waals surface area contributed by atoms with Gasteiger partial charge in [0.15, 0.2) is 0 Å². The largest absolute Gasteiger partial charge is 0.380 e. The topological polar surface area (TPSA) is 18.5 Å². The van der Waals surface area contributed by atoms with Crippen molar-refractivity contribution < 1.29 is 13.9 Å². The van der Waals surface area contributed by atoms with Gasteiger partial charge in [0.2, 0.25) is 0 Å². The molecular weight excluding hydrogens is 343 g/mol. The lowest BCUT2D eigenvalue weighted by Crippen LogP contribution is -2.37. The summed E-state index contributed by atoms with van der Waals surface area (Å²) in [5.74, 6) is 0. The normalized spacial score (nSPS) is 23.2. The Labute approximate surface area is 165 Å². The zero-order valence-corrected chi connectivity index (χ0v) is 19.9. The molecule has 1 aliphatic rings. The third kappa shape index (κ3) is 12.5. The van der Waals surface area contributed by atoms with Gasteiger partial charge >= 0.3 is 0 Å². The quantitative estimate of drug-likeness (QED) is 0.250. The molecule has 0 bridgehead atoms. The Morgan fingerprint density at radius 1 is 1.00 bits per heavy atom. The fourth-order valence-electron chi connectivity index (χ4n) is 3.82. The summed E-state index contributed by atoms with van der Waals surface area (Å²) >= 11 is 0. The molecule has 0 aromatic heterocycles. The van der Waals surface area contributed by atoms with Crippen LogP contribution in [0.5, 0.6) is 0 Å². The molecule has 1 fully saturated rings. The lowest BCUT2D eigenvalue weighted by Gasteiger charge is -2.35. The van der Waals surface area contributed by atoms with E-state index in [9.17, 15) is 4.39 Å². The summed E-state index contributed by atoms with van der Waals surface area (Å²) in [6.07, 6.45) is 16.6. The third-order valence-corrected chi connectivity index (χ3v) is 7.10. The van der Waals surface area contributed by atoms with Gasteiger partial charge in [-0.3, -0.25) is 0 Å². The van der Waals surface area contributed by atoms with Crippen LogP contribution in [0.4, 0.5) is 4.39 Å². The molecule has 0 spiro atoms. The molecule has 156 valence electrons. The van der Waals surface area contributed by atoms with Gasteiger partial charge in [-0.25, -0.2) is 4.39 Å². The molecule has 0 aromatic carbocycles. The molecule has 3 unspecified atom stereocenters. The number of hydrogen-bond acceptors (Lipinski definition) is 2. The van der Waals surface area contributed by atoms with Crippen LogP contribution in [-0.2, 0) is 9.47 Å². The van der Waals surface area contributed by atoms with E-state index in [1.807, 2.05) is 0 Å². The van der Waals surface area contributed by atoms with Crippen LogP contribution in [0.2, 0.25) is 0 Å². The van der Waals surface area contributed by atoms with Crippen molar-refractivity contribution in [3.8, 4) is 0 Å². The smallest absolute Gasteiger partial charge is 0.100 e. The van der Waals surface area contributed by atoms with Crippen molar-refractivity contribution in [3.63, 3.8) is 0 Å². The molecule has 1 saturated heterocycles. The van der Waals surface area contributed by atoms with Crippen LogP contribution in [0.25, 0.3) is 0 Å². The Balaban J connectivity index is 1.91. The van der Waals surface area contributed by atoms with Gasteiger partial charge in [-0.2, -0.15) is 0 Å². The number of rotatable bonds is 16. The van der Waals surface area contributed by atoms with E-state index in [0.717, 1.165) is 62.0 Å². The maximum atomic E-state index is 13.9. The second kappa shape index (κ2) is 15.0. The molecule has 1 heterocycles. The monoisotopic (exact) mass is 388 g/mol. The van der Waals surface area contributed by atoms with E-state index < -0.39 is 6.17 Å². The maximum absolute atomic E-state index is 13.9. The summed E-state index contributed by atoms with van der Waals surface area (Å²) in [7, 11) is 1.12. The predicted molar refractivity (Wildman–Crippen MR) is 114 cm³/mol. The molecule has 0 aliphatic carbocycles. The van der Waals surface area contributed by atoms with Gasteiger partial charge in [0.25, 0.3) is 0 Å². The standard InChI is InChI=1S/C22H45FO2Si/c1-3-4-5-6-7-8-13-21(23)14-9-11-18-24-20(2)15-17-22(26)16-10-12-19-25-22/h20-21H,3-19H2,1-2,26H3. The minimum Gasteiger partial charge on any atom is -0.380 e. The molecule has 0 amide bonds. The number of halogens is 1. The Morgan fingerprint density at radius 3 is 2.38 bits per heavy atom. The molecule has 0 N–H and O–H groups in total. The Kier molecular flexibility index (Phi) is 13.9. The predicted octanol–water partition coefficient (Wildman–Crippen LogP) is 5.69. The van der Waals surface area contributed by atoms with Crippen LogP contribution in [0, 0.1) is 0 Å². The first-order valence-electron chi connectivity index (χ1n) is 11.5. The fourth-order valence-corrected chi connectivity index (χ4v) is 4.67. The first kappa shape index (κ1) is 24.1. The lowest BCUT2D eigenvalue weighted by molar-refractivity contribution is -0.0352. The Hall–Kier alpha value is 0.0669. The van der Waals surface area contributed by atoms with Crippen LogP contribution in [0.15, 0.2) is 0 Å². The second-order valence-corrected chi connectivity index (χ2v) is 10.4. The fraction of sp³-hybridized carbons (Fsp3) is 1.00. The van der Waals surface area contributed by atoms with E-state index in [-0.39, 0.29) is 5.22 Å². The van der Waals surface area contributed by atoms with E-state index in [1.54, 1.807) is 0 Å². The number of unbranched alkanes of at least 4 members (excludes halogenated alkanes) is 6. The van der Waals surface area contributed by atoms with Gasteiger partial charge in [-0.05, 0) is 64.7 Å². The lowest BCUT2D eigenvalue weighted by atomic mass is 10.0. The van der Waals surface area contributed by atoms with Crippen LogP contribution in [0.3, 0.4) is 0 Å². The summed E-state index contributed by atoms with van der Waals surface area (Å²) < 4.78 is 25.8. The summed E-state index contributed by atoms with van der Waals surface area (Å²) in [4.78, 5) is 0. The third-order valence-electron chi connectivity index (χ3n) is 5.82. The van der Waals surface area contributed by atoms with Gasteiger partial charge in [-0.1, -0.05) is 45.4 Å². The summed E-state index contributed by atoms with van der Waals surface area (Å²) in [5.41, 5.74) is 0. The summed E-state index contributed by atoms with van der Waals surface area (Å²) in [6, 6.07) is 0. The molecule has 1 rings (SSSR count). The molecular formula is C22H45FO2Si. The number of ether oxygens (including phenoxy) is 2. The van der Waals surface area contributed by atoms with E-state index in [0.29, 0.717) is 12.5 Å². The van der Waals surface area contributed by atoms with Gasteiger partial charge in [-0.15, -0.1) is 0 Å². The zero-order valence-electron chi connectivity index (χ0n) is 17.9. The van der Waals surface area contributed by atoms with E-state index >= 15 is 0 Å². The first-order chi connectivity index (χ1) is 12.6. The van der Waals surface area contributed by atoms with Crippen molar-refractivity contribution in [3.05, 3.63) is 0 Å². The van der Waals surface area contributed by atoms with Crippen molar-refractivity contribution >= 4 is 10.2 Å². The summed E-state index contributed by atoms with van der Waals surface area (Å²) in [5, 5.41) is 0.202. The van der Waals surface area contributed by atoms with E-state index in [2.05, 4.69) is 13.8 Å². The van der Waals surface area contributed by atoms with Crippen molar-refractivity contribution in [2.45, 2.75) is 128 Å². The van der Waals surface area contributed by atoms with E-state index in [1.165, 1.54) is 51.4 Å². The molecule has 26 heavy (non-hydrogen) atoms. The highest BCUT2D eigenvalue weighted by molar-refractivity contribution is 6.14. The first-order valence-corrected chi connectivity index (χ1v) is 12.5. The van der Waals surface area contributed by atoms with Crippen molar-refractivity contribution in [2.24, 2.45) is 0 Å². The highest BCUT2D eigenvalue weighted by Crippen LogP contribution is 2.27. The number of hydrogen-bond donors (Lipinski definition) is 0. The SMILES string of the molecule is CCCCCCCCC(F)CCCCOC(C)CCC1([SiH3])CCCCO1. The summed E-state index contributed by atoms with van der Waals surface area (Å²) in [6.45, 7) is 6.13. The van der Waals surface area contributed by atoms with Crippen LogP contribution < -0.4 is 0 Å². The van der Waals surface area contributed by atoms with Crippen LogP contribution >= 0.6 is 0 Å². The molecule has 0 radical (unpaired) electrons. The molecule has 2 nitrogen and oxygen atoms in total. The molecule has 4 heteroatoms. The van der Waals surface area contributed by atoms with Crippen molar-refractivity contribution in [2.75, 3.05) is 13.2 Å². The highest BCUT2D eigenvalue weighted by Gasteiger charge is 2.27. The zero-order chi connectivity index (χ0) is 19.1. The molecule has 1 aliphatic heterocycles. The van der Waals surface area contributed by atoms with Crippen molar-refractivity contribution in [1.29, 1.82) is 0 Å². The number of alkyl halides is 1. The van der Waals surface area contributed by atoms with Crippen LogP contribution in [0.1, 0.15) is 110 Å². The molecule has 3 atom stereocenters. The Bertz CT molecular complexity index is 321. The minimum absolute atomic E-state index is 0.202. The van der Waals surface area contributed by atoms with E-state index in [4.69, 9.17) is 9.47 Å². The van der Waals surface area contributed by atoms with Gasteiger partial charge in [0, 0.05) is 28.7 Å². The average Bonchev–Trinajstić information content (AvgIpc) is 2.63. The average molecular weight is 389 g/mol. The second-order valence-electron chi connectivity index (χ2n) is 8.63. The minimum atomic E-state index is -0.605. The Morgan fingerprint density at radius 2 is 1.69 bits per heavy atom.